The second kappa shape index (κ2) is 22.6. The van der Waals surface area contributed by atoms with Crippen molar-refractivity contribution in [1.82, 2.24) is 0 Å². The number of aliphatic hydroxyl groups is 1. The summed E-state index contributed by atoms with van der Waals surface area (Å²) in [5.74, 6) is 2.76. The van der Waals surface area contributed by atoms with Gasteiger partial charge < -0.3 is 5.11 Å². The number of aliphatic hydroxyl groups excluding tert-OH is 1. The molecule has 1 heteroatoms. The third-order valence-corrected chi connectivity index (χ3v) is 10.3. The van der Waals surface area contributed by atoms with Gasteiger partial charge in [-0.3, -0.25) is 0 Å². The normalized spacial score (nSPS) is 30.0. The SMILES string of the molecule is C1CC1.C1CCC1.C1CCC1.CC.CC.CCC1(C)CCC(C(C)(C)C2CCC(CCC(C)O)CC2)CC1. The van der Waals surface area contributed by atoms with Crippen LogP contribution in [0.4, 0.5) is 0 Å². The molecule has 0 aromatic rings. The van der Waals surface area contributed by atoms with Crippen LogP contribution in [0.2, 0.25) is 0 Å². The molecule has 5 rings (SSSR count). The van der Waals surface area contributed by atoms with E-state index in [1.165, 1.54) is 135 Å². The molecule has 0 spiro atoms. The molecule has 1 unspecified atom stereocenters. The van der Waals surface area contributed by atoms with Crippen molar-refractivity contribution in [3.8, 4) is 0 Å². The highest BCUT2D eigenvalue weighted by Gasteiger charge is 2.42. The van der Waals surface area contributed by atoms with Crippen LogP contribution in [0.15, 0.2) is 0 Å². The molecule has 38 heavy (non-hydrogen) atoms. The van der Waals surface area contributed by atoms with Crippen LogP contribution in [0.1, 0.15) is 204 Å². The summed E-state index contributed by atoms with van der Waals surface area (Å²) in [6.45, 7) is 20.0. The van der Waals surface area contributed by atoms with Crippen LogP contribution in [0, 0.1) is 28.6 Å². The van der Waals surface area contributed by atoms with Gasteiger partial charge in [0.25, 0.3) is 0 Å². The summed E-state index contributed by atoms with van der Waals surface area (Å²) in [6.07, 6.45) is 31.5. The Hall–Kier alpha value is -0.0400. The van der Waals surface area contributed by atoms with Crippen molar-refractivity contribution in [2.75, 3.05) is 0 Å². The maximum Gasteiger partial charge on any atom is 0.0512 e. The molecule has 0 saturated heterocycles. The minimum absolute atomic E-state index is 0.112. The van der Waals surface area contributed by atoms with Gasteiger partial charge in [-0.25, -0.2) is 0 Å². The molecule has 0 aromatic heterocycles. The first kappa shape index (κ1) is 38.0. The highest BCUT2D eigenvalue weighted by molar-refractivity contribution is 4.92. The molecule has 5 saturated carbocycles. The predicted molar refractivity (Wildman–Crippen MR) is 174 cm³/mol. The van der Waals surface area contributed by atoms with Gasteiger partial charge in [0.1, 0.15) is 0 Å². The van der Waals surface area contributed by atoms with Crippen LogP contribution in [-0.4, -0.2) is 11.2 Å². The largest absolute Gasteiger partial charge is 0.393 e. The molecule has 0 heterocycles. The second-order valence-electron chi connectivity index (χ2n) is 13.8. The Morgan fingerprint density at radius 1 is 0.658 bits per heavy atom. The fourth-order valence-electron chi connectivity index (χ4n) is 5.92. The van der Waals surface area contributed by atoms with Crippen molar-refractivity contribution >= 4 is 0 Å². The van der Waals surface area contributed by atoms with E-state index in [0.717, 1.165) is 24.2 Å². The van der Waals surface area contributed by atoms with Gasteiger partial charge in [0.15, 0.2) is 0 Å². The first-order chi connectivity index (χ1) is 18.3. The molecule has 1 nitrogen and oxygen atoms in total. The van der Waals surface area contributed by atoms with E-state index in [2.05, 4.69) is 27.7 Å². The molecule has 0 radical (unpaired) electrons. The monoisotopic (exact) mass is 537 g/mol. The summed E-state index contributed by atoms with van der Waals surface area (Å²) in [6, 6.07) is 0. The first-order valence-corrected chi connectivity index (χ1v) is 17.9. The minimum atomic E-state index is -0.112. The van der Waals surface area contributed by atoms with Gasteiger partial charge in [-0.1, -0.05) is 145 Å². The summed E-state index contributed by atoms with van der Waals surface area (Å²) in [5, 5.41) is 9.50. The Morgan fingerprint density at radius 3 is 1.29 bits per heavy atom. The molecule has 0 amide bonds. The topological polar surface area (TPSA) is 20.2 Å². The molecule has 5 aliphatic rings. The van der Waals surface area contributed by atoms with Gasteiger partial charge in [-0.15, -0.1) is 0 Å². The molecular formula is C37H76O. The van der Waals surface area contributed by atoms with Crippen molar-refractivity contribution in [1.29, 1.82) is 0 Å². The van der Waals surface area contributed by atoms with Gasteiger partial charge in [-0.2, -0.15) is 0 Å². The second-order valence-corrected chi connectivity index (χ2v) is 13.8. The first-order valence-electron chi connectivity index (χ1n) is 17.9. The quantitative estimate of drug-likeness (QED) is 0.358. The number of hydrogen-bond acceptors (Lipinski definition) is 1. The Bertz CT molecular complexity index is 462. The number of hydrogen-bond donors (Lipinski definition) is 1. The molecular weight excluding hydrogens is 460 g/mol. The smallest absolute Gasteiger partial charge is 0.0512 e. The van der Waals surface area contributed by atoms with E-state index in [4.69, 9.17) is 0 Å². The minimum Gasteiger partial charge on any atom is -0.393 e. The van der Waals surface area contributed by atoms with Gasteiger partial charge >= 0.3 is 0 Å². The van der Waals surface area contributed by atoms with E-state index < -0.39 is 0 Å². The Balaban J connectivity index is 0.000000731. The summed E-state index contributed by atoms with van der Waals surface area (Å²) < 4.78 is 0. The lowest BCUT2D eigenvalue weighted by Gasteiger charge is -2.48. The van der Waals surface area contributed by atoms with E-state index >= 15 is 0 Å². The summed E-state index contributed by atoms with van der Waals surface area (Å²) in [5.41, 5.74) is 1.16. The van der Waals surface area contributed by atoms with Crippen LogP contribution in [-0.2, 0) is 0 Å². The van der Waals surface area contributed by atoms with E-state index in [-0.39, 0.29) is 6.10 Å². The molecule has 5 aliphatic carbocycles. The van der Waals surface area contributed by atoms with Crippen LogP contribution < -0.4 is 0 Å². The average molecular weight is 537 g/mol. The van der Waals surface area contributed by atoms with Crippen molar-refractivity contribution in [3.05, 3.63) is 0 Å². The zero-order valence-corrected chi connectivity index (χ0v) is 28.3. The van der Waals surface area contributed by atoms with Gasteiger partial charge in [-0.05, 0) is 86.9 Å². The van der Waals surface area contributed by atoms with Crippen LogP contribution in [0.25, 0.3) is 0 Å². The van der Waals surface area contributed by atoms with E-state index in [0.29, 0.717) is 10.8 Å². The van der Waals surface area contributed by atoms with Crippen molar-refractivity contribution < 1.29 is 5.11 Å². The lowest BCUT2D eigenvalue weighted by molar-refractivity contribution is 0.0190. The van der Waals surface area contributed by atoms with Gasteiger partial charge in [0.05, 0.1) is 6.10 Å². The Morgan fingerprint density at radius 2 is 1.00 bits per heavy atom. The lowest BCUT2D eigenvalue weighted by Crippen LogP contribution is -2.38. The molecule has 230 valence electrons. The zero-order valence-electron chi connectivity index (χ0n) is 28.3. The van der Waals surface area contributed by atoms with Gasteiger partial charge in [0, 0.05) is 0 Å². The maximum absolute atomic E-state index is 9.50. The van der Waals surface area contributed by atoms with Crippen LogP contribution in [0.3, 0.4) is 0 Å². The number of rotatable bonds is 6. The van der Waals surface area contributed by atoms with E-state index in [1.807, 2.05) is 34.6 Å². The Labute approximate surface area is 243 Å². The summed E-state index contributed by atoms with van der Waals surface area (Å²) in [7, 11) is 0. The van der Waals surface area contributed by atoms with Crippen molar-refractivity contribution in [2.45, 2.75) is 210 Å². The molecule has 1 N–H and O–H groups in total. The molecule has 0 aliphatic heterocycles. The highest BCUT2D eigenvalue weighted by atomic mass is 16.3. The maximum atomic E-state index is 9.50. The fourth-order valence-corrected chi connectivity index (χ4v) is 5.92. The molecule has 0 bridgehead atoms. The highest BCUT2D eigenvalue weighted by Crippen LogP contribution is 2.52. The standard InChI is InChI=1S/C22H42O.2C4H8.C3H6.2C2H6/c1-6-22(5)15-13-20(14-16-22)21(3,4)19-11-9-18(10-12-19)8-7-17(2)23;2*1-2-4-3-1;1-2-3-1;2*1-2/h17-20,23H,6-16H2,1-5H3;2*1-4H2;1-3H2;2*1-2H3. The Kier molecular flexibility index (Phi) is 22.6. The fraction of sp³-hybridized carbons (Fsp3) is 1.00. The average Bonchev–Trinajstić information content (AvgIpc) is 3.74. The third-order valence-electron chi connectivity index (χ3n) is 10.3. The molecule has 1 atom stereocenters. The van der Waals surface area contributed by atoms with Crippen molar-refractivity contribution in [3.63, 3.8) is 0 Å². The van der Waals surface area contributed by atoms with E-state index in [1.54, 1.807) is 0 Å². The van der Waals surface area contributed by atoms with Crippen molar-refractivity contribution in [2.24, 2.45) is 28.6 Å². The predicted octanol–water partition coefficient (Wildman–Crippen LogP) is 12.9. The van der Waals surface area contributed by atoms with Crippen LogP contribution >= 0.6 is 0 Å². The third kappa shape index (κ3) is 16.9. The molecule has 0 aromatic carbocycles. The van der Waals surface area contributed by atoms with E-state index in [9.17, 15) is 5.11 Å². The summed E-state index contributed by atoms with van der Waals surface area (Å²) in [4.78, 5) is 0. The summed E-state index contributed by atoms with van der Waals surface area (Å²) >= 11 is 0. The molecule has 5 fully saturated rings. The van der Waals surface area contributed by atoms with Gasteiger partial charge in [0.2, 0.25) is 0 Å². The van der Waals surface area contributed by atoms with Crippen LogP contribution in [0.5, 0.6) is 0 Å². The zero-order chi connectivity index (χ0) is 28.9. The lowest BCUT2D eigenvalue weighted by atomic mass is 9.57.